The highest BCUT2D eigenvalue weighted by Gasteiger charge is 2.30. The van der Waals surface area contributed by atoms with E-state index in [1.807, 2.05) is 27.7 Å². The smallest absolute Gasteiger partial charge is 0.239 e. The van der Waals surface area contributed by atoms with Crippen LogP contribution in [-0.4, -0.2) is 5.91 Å². The second-order valence-corrected chi connectivity index (χ2v) is 3.35. The number of hydrazine groups is 1. The first-order chi connectivity index (χ1) is 4.42. The molecule has 0 aliphatic carbocycles. The summed E-state index contributed by atoms with van der Waals surface area (Å²) in [5, 5.41) is 0. The summed E-state index contributed by atoms with van der Waals surface area (Å²) < 4.78 is 0. The van der Waals surface area contributed by atoms with Crippen LogP contribution in [0.15, 0.2) is 0 Å². The van der Waals surface area contributed by atoms with E-state index in [1.165, 1.54) is 0 Å². The molecule has 0 saturated heterocycles. The molecule has 0 atom stereocenters. The van der Waals surface area contributed by atoms with Crippen molar-refractivity contribution in [2.45, 2.75) is 27.7 Å². The topological polar surface area (TPSA) is 55.1 Å². The van der Waals surface area contributed by atoms with Gasteiger partial charge in [-0.3, -0.25) is 10.2 Å². The van der Waals surface area contributed by atoms with Gasteiger partial charge >= 0.3 is 0 Å². The Kier molecular flexibility index (Phi) is 2.84. The second kappa shape index (κ2) is 3.01. The van der Waals surface area contributed by atoms with Gasteiger partial charge in [0.25, 0.3) is 0 Å². The van der Waals surface area contributed by atoms with Crippen molar-refractivity contribution in [1.82, 2.24) is 5.43 Å². The molecule has 0 heterocycles. The molecular weight excluding hydrogens is 128 g/mol. The van der Waals surface area contributed by atoms with Crippen molar-refractivity contribution in [3.05, 3.63) is 0 Å². The zero-order valence-corrected chi connectivity index (χ0v) is 7.06. The van der Waals surface area contributed by atoms with E-state index in [9.17, 15) is 4.79 Å². The molecule has 0 radical (unpaired) electrons. The maximum atomic E-state index is 11.0. The van der Waals surface area contributed by atoms with Crippen molar-refractivity contribution in [3.63, 3.8) is 0 Å². The quantitative estimate of drug-likeness (QED) is 0.340. The van der Waals surface area contributed by atoms with Crippen LogP contribution in [0.4, 0.5) is 0 Å². The SMILES string of the molecule is CC(C)C(C)(C)C(=O)NN. The molecule has 60 valence electrons. The number of hydrogen-bond acceptors (Lipinski definition) is 2. The summed E-state index contributed by atoms with van der Waals surface area (Å²) in [5.41, 5.74) is 1.78. The van der Waals surface area contributed by atoms with Crippen LogP contribution in [0.5, 0.6) is 0 Å². The lowest BCUT2D eigenvalue weighted by Crippen LogP contribution is -2.43. The van der Waals surface area contributed by atoms with Gasteiger partial charge in [-0.2, -0.15) is 0 Å². The first kappa shape index (κ1) is 9.43. The first-order valence-corrected chi connectivity index (χ1v) is 3.44. The van der Waals surface area contributed by atoms with Crippen molar-refractivity contribution in [2.75, 3.05) is 0 Å². The van der Waals surface area contributed by atoms with Gasteiger partial charge in [0.05, 0.1) is 0 Å². The van der Waals surface area contributed by atoms with Gasteiger partial charge in [0.1, 0.15) is 0 Å². The Morgan fingerprint density at radius 3 is 2.00 bits per heavy atom. The van der Waals surface area contributed by atoms with E-state index in [0.29, 0.717) is 5.92 Å². The largest absolute Gasteiger partial charge is 0.294 e. The highest BCUT2D eigenvalue weighted by atomic mass is 16.2. The fourth-order valence-electron chi connectivity index (χ4n) is 0.448. The van der Waals surface area contributed by atoms with Crippen LogP contribution in [0.3, 0.4) is 0 Å². The molecule has 0 saturated carbocycles. The second-order valence-electron chi connectivity index (χ2n) is 3.35. The monoisotopic (exact) mass is 144 g/mol. The molecule has 3 heteroatoms. The summed E-state index contributed by atoms with van der Waals surface area (Å²) in [7, 11) is 0. The average Bonchev–Trinajstić information content (AvgIpc) is 1.86. The van der Waals surface area contributed by atoms with Crippen molar-refractivity contribution >= 4 is 5.91 Å². The molecule has 0 aliphatic heterocycles. The lowest BCUT2D eigenvalue weighted by molar-refractivity contribution is -0.131. The Balaban J connectivity index is 4.24. The van der Waals surface area contributed by atoms with E-state index < -0.39 is 0 Å². The summed E-state index contributed by atoms with van der Waals surface area (Å²) >= 11 is 0. The Morgan fingerprint density at radius 2 is 1.90 bits per heavy atom. The van der Waals surface area contributed by atoms with E-state index in [1.54, 1.807) is 0 Å². The van der Waals surface area contributed by atoms with Crippen LogP contribution in [-0.2, 0) is 4.79 Å². The molecule has 3 nitrogen and oxygen atoms in total. The summed E-state index contributed by atoms with van der Waals surface area (Å²) in [6.45, 7) is 7.74. The number of carbonyl (C=O) groups is 1. The molecule has 0 aromatic rings. The Morgan fingerprint density at radius 1 is 1.50 bits per heavy atom. The van der Waals surface area contributed by atoms with Gasteiger partial charge in [-0.1, -0.05) is 27.7 Å². The number of carbonyl (C=O) groups excluding carboxylic acids is 1. The summed E-state index contributed by atoms with van der Waals surface area (Å²) in [6.07, 6.45) is 0. The normalized spacial score (nSPS) is 11.8. The molecule has 0 aliphatic rings. The van der Waals surface area contributed by atoms with E-state index in [2.05, 4.69) is 5.43 Å². The summed E-state index contributed by atoms with van der Waals surface area (Å²) in [4.78, 5) is 11.0. The number of rotatable bonds is 2. The molecule has 0 spiro atoms. The Bertz CT molecular complexity index is 130. The van der Waals surface area contributed by atoms with Crippen LogP contribution in [0.1, 0.15) is 27.7 Å². The highest BCUT2D eigenvalue weighted by Crippen LogP contribution is 2.25. The van der Waals surface area contributed by atoms with E-state index in [0.717, 1.165) is 0 Å². The molecule has 0 fully saturated rings. The molecule has 0 unspecified atom stereocenters. The third-order valence-electron chi connectivity index (χ3n) is 2.16. The number of nitrogens with two attached hydrogens (primary N) is 1. The fourth-order valence-corrected chi connectivity index (χ4v) is 0.448. The Hall–Kier alpha value is -0.570. The van der Waals surface area contributed by atoms with Gasteiger partial charge in [0.15, 0.2) is 0 Å². The summed E-state index contributed by atoms with van der Waals surface area (Å²) in [5.74, 6) is 5.19. The van der Waals surface area contributed by atoms with Gasteiger partial charge in [0, 0.05) is 5.41 Å². The van der Waals surface area contributed by atoms with Crippen molar-refractivity contribution in [3.8, 4) is 0 Å². The first-order valence-electron chi connectivity index (χ1n) is 3.44. The van der Waals surface area contributed by atoms with Gasteiger partial charge < -0.3 is 0 Å². The van der Waals surface area contributed by atoms with Crippen LogP contribution in [0.2, 0.25) is 0 Å². The molecular formula is C7H16N2O. The maximum Gasteiger partial charge on any atom is 0.239 e. The maximum absolute atomic E-state index is 11.0. The average molecular weight is 144 g/mol. The minimum atomic E-state index is -0.366. The molecule has 10 heavy (non-hydrogen) atoms. The van der Waals surface area contributed by atoms with E-state index in [-0.39, 0.29) is 11.3 Å². The Labute approximate surface area is 62.0 Å². The molecule has 0 bridgehead atoms. The zero-order chi connectivity index (χ0) is 8.36. The van der Waals surface area contributed by atoms with Crippen LogP contribution >= 0.6 is 0 Å². The lowest BCUT2D eigenvalue weighted by atomic mass is 9.80. The predicted octanol–water partition coefficient (Wildman–Crippen LogP) is 0.659. The van der Waals surface area contributed by atoms with Crippen LogP contribution < -0.4 is 11.3 Å². The molecule has 3 N–H and O–H groups in total. The van der Waals surface area contributed by atoms with Gasteiger partial charge in [-0.05, 0) is 5.92 Å². The minimum absolute atomic E-state index is 0.109. The fraction of sp³-hybridized carbons (Fsp3) is 0.857. The van der Waals surface area contributed by atoms with E-state index >= 15 is 0 Å². The predicted molar refractivity (Wildman–Crippen MR) is 40.9 cm³/mol. The zero-order valence-electron chi connectivity index (χ0n) is 7.06. The van der Waals surface area contributed by atoms with Gasteiger partial charge in [0.2, 0.25) is 5.91 Å². The van der Waals surface area contributed by atoms with Gasteiger partial charge in [-0.15, -0.1) is 0 Å². The number of nitrogens with one attached hydrogen (secondary N) is 1. The van der Waals surface area contributed by atoms with Crippen LogP contribution in [0, 0.1) is 11.3 Å². The van der Waals surface area contributed by atoms with Crippen LogP contribution in [0.25, 0.3) is 0 Å². The highest BCUT2D eigenvalue weighted by molar-refractivity contribution is 5.81. The molecule has 1 amide bonds. The molecule has 0 rings (SSSR count). The van der Waals surface area contributed by atoms with E-state index in [4.69, 9.17) is 5.84 Å². The number of amides is 1. The lowest BCUT2D eigenvalue weighted by Gasteiger charge is -2.26. The standard InChI is InChI=1S/C7H16N2O/c1-5(2)7(3,4)6(10)9-8/h5H,8H2,1-4H3,(H,9,10). The third kappa shape index (κ3) is 1.70. The van der Waals surface area contributed by atoms with Crippen molar-refractivity contribution < 1.29 is 4.79 Å². The third-order valence-corrected chi connectivity index (χ3v) is 2.16. The van der Waals surface area contributed by atoms with Gasteiger partial charge in [-0.25, -0.2) is 5.84 Å². The molecule has 0 aromatic carbocycles. The van der Waals surface area contributed by atoms with Crippen molar-refractivity contribution in [1.29, 1.82) is 0 Å². The number of hydrogen-bond donors (Lipinski definition) is 2. The minimum Gasteiger partial charge on any atom is -0.294 e. The molecule has 0 aromatic heterocycles. The van der Waals surface area contributed by atoms with Crippen molar-refractivity contribution in [2.24, 2.45) is 17.2 Å². The summed E-state index contributed by atoms with van der Waals surface area (Å²) in [6, 6.07) is 0.